The van der Waals surface area contributed by atoms with Crippen LogP contribution in [-0.2, 0) is 0 Å². The molecule has 3 heteroatoms. The van der Waals surface area contributed by atoms with E-state index in [1.54, 1.807) is 6.07 Å². The molecule has 0 amide bonds. The Morgan fingerprint density at radius 2 is 2.18 bits per heavy atom. The molecule has 0 radical (unpaired) electrons. The normalized spacial score (nSPS) is 10.6. The lowest BCUT2D eigenvalue weighted by molar-refractivity contribution is 1.48. The van der Waals surface area contributed by atoms with E-state index in [9.17, 15) is 0 Å². The number of aromatic nitrogens is 1. The highest BCUT2D eigenvalue weighted by Gasteiger charge is 1.99. The third-order valence-electron chi connectivity index (χ3n) is 1.64. The summed E-state index contributed by atoms with van der Waals surface area (Å²) >= 11 is 5.90. The average Bonchev–Trinajstić information content (AvgIpc) is 2.34. The molecule has 11 heavy (non-hydrogen) atoms. The maximum atomic E-state index is 5.90. The molecule has 2 rings (SSSR count). The summed E-state index contributed by atoms with van der Waals surface area (Å²) in [5, 5.41) is 1.71. The van der Waals surface area contributed by atoms with Gasteiger partial charge >= 0.3 is 0 Å². The van der Waals surface area contributed by atoms with E-state index in [-0.39, 0.29) is 0 Å². The van der Waals surface area contributed by atoms with Crippen LogP contribution in [0.3, 0.4) is 0 Å². The second kappa shape index (κ2) is 2.17. The van der Waals surface area contributed by atoms with E-state index in [1.165, 1.54) is 0 Å². The Labute approximate surface area is 69.0 Å². The number of benzene rings is 1. The van der Waals surface area contributed by atoms with E-state index in [2.05, 4.69) is 4.98 Å². The van der Waals surface area contributed by atoms with E-state index in [1.807, 2.05) is 18.3 Å². The summed E-state index contributed by atoms with van der Waals surface area (Å²) in [6.45, 7) is 0. The Morgan fingerprint density at radius 1 is 1.36 bits per heavy atom. The second-order valence-electron chi connectivity index (χ2n) is 2.44. The molecule has 0 saturated carbocycles. The first-order valence-electron chi connectivity index (χ1n) is 3.29. The molecule has 2 nitrogen and oxygen atoms in total. The van der Waals surface area contributed by atoms with E-state index >= 15 is 0 Å². The first kappa shape index (κ1) is 6.55. The van der Waals surface area contributed by atoms with Crippen LogP contribution in [-0.4, -0.2) is 4.98 Å². The summed E-state index contributed by atoms with van der Waals surface area (Å²) in [6.07, 6.45) is 1.84. The van der Waals surface area contributed by atoms with E-state index in [4.69, 9.17) is 17.3 Å². The van der Waals surface area contributed by atoms with Gasteiger partial charge in [0.25, 0.3) is 0 Å². The number of H-pyrrole nitrogens is 1. The number of nitrogens with one attached hydrogen (secondary N) is 1. The Hall–Kier alpha value is -1.15. The summed E-state index contributed by atoms with van der Waals surface area (Å²) in [4.78, 5) is 3.04. The number of anilines is 1. The van der Waals surface area contributed by atoms with Gasteiger partial charge in [0, 0.05) is 22.8 Å². The number of hydrogen-bond acceptors (Lipinski definition) is 1. The largest absolute Gasteiger partial charge is 0.399 e. The van der Waals surface area contributed by atoms with Crippen molar-refractivity contribution in [1.29, 1.82) is 0 Å². The summed E-state index contributed by atoms with van der Waals surface area (Å²) in [6, 6.07) is 5.54. The van der Waals surface area contributed by atoms with Crippen molar-refractivity contribution in [1.82, 2.24) is 4.98 Å². The standard InChI is InChI=1S/C8H7ClN2/c9-7-3-5(10)4-8-6(7)1-2-11-8/h1-4,11H,10H2. The zero-order chi connectivity index (χ0) is 7.84. The molecular weight excluding hydrogens is 160 g/mol. The molecule has 56 valence electrons. The van der Waals surface area contributed by atoms with E-state index < -0.39 is 0 Å². The van der Waals surface area contributed by atoms with Gasteiger partial charge in [0.05, 0.1) is 5.02 Å². The summed E-state index contributed by atoms with van der Waals surface area (Å²) < 4.78 is 0. The number of rotatable bonds is 0. The van der Waals surface area contributed by atoms with Crippen LogP contribution in [0.4, 0.5) is 5.69 Å². The third-order valence-corrected chi connectivity index (χ3v) is 1.95. The Kier molecular flexibility index (Phi) is 1.29. The fraction of sp³-hybridized carbons (Fsp3) is 0. The van der Waals surface area contributed by atoms with Crippen molar-refractivity contribution in [2.45, 2.75) is 0 Å². The average molecular weight is 167 g/mol. The van der Waals surface area contributed by atoms with Crippen molar-refractivity contribution in [3.8, 4) is 0 Å². The Morgan fingerprint density at radius 3 is 3.00 bits per heavy atom. The van der Waals surface area contributed by atoms with Crippen LogP contribution < -0.4 is 5.73 Å². The van der Waals surface area contributed by atoms with Gasteiger partial charge in [0.15, 0.2) is 0 Å². The molecule has 0 fully saturated rings. The smallest absolute Gasteiger partial charge is 0.0520 e. The molecule has 1 heterocycles. The molecule has 1 aromatic carbocycles. The van der Waals surface area contributed by atoms with Gasteiger partial charge in [-0.15, -0.1) is 0 Å². The van der Waals surface area contributed by atoms with Crippen molar-refractivity contribution >= 4 is 28.2 Å². The van der Waals surface area contributed by atoms with E-state index in [0.29, 0.717) is 10.7 Å². The number of nitrogen functional groups attached to an aromatic ring is 1. The predicted molar refractivity (Wildman–Crippen MR) is 47.7 cm³/mol. The minimum atomic E-state index is 0.685. The number of halogens is 1. The molecule has 3 N–H and O–H groups in total. The highest BCUT2D eigenvalue weighted by molar-refractivity contribution is 6.35. The molecule has 0 aliphatic heterocycles. The van der Waals surface area contributed by atoms with Gasteiger partial charge in [-0.2, -0.15) is 0 Å². The molecule has 0 aliphatic rings. The van der Waals surface area contributed by atoms with Crippen LogP contribution in [0.25, 0.3) is 10.9 Å². The Balaban J connectivity index is 2.91. The van der Waals surface area contributed by atoms with Crippen LogP contribution in [0.2, 0.25) is 5.02 Å². The minimum absolute atomic E-state index is 0.685. The number of hydrogen-bond donors (Lipinski definition) is 2. The van der Waals surface area contributed by atoms with Crippen molar-refractivity contribution in [2.75, 3.05) is 5.73 Å². The van der Waals surface area contributed by atoms with Crippen molar-refractivity contribution in [2.24, 2.45) is 0 Å². The molecule has 0 spiro atoms. The number of fused-ring (bicyclic) bond motifs is 1. The van der Waals surface area contributed by atoms with Crippen molar-refractivity contribution in [3.63, 3.8) is 0 Å². The van der Waals surface area contributed by atoms with Gasteiger partial charge in [-0.05, 0) is 18.2 Å². The molecule has 0 bridgehead atoms. The molecule has 0 aliphatic carbocycles. The third kappa shape index (κ3) is 0.955. The summed E-state index contributed by atoms with van der Waals surface area (Å²) in [5.74, 6) is 0. The number of aromatic amines is 1. The van der Waals surface area contributed by atoms with Gasteiger partial charge in [0.1, 0.15) is 0 Å². The van der Waals surface area contributed by atoms with Gasteiger partial charge in [-0.25, -0.2) is 0 Å². The molecule has 0 atom stereocenters. The fourth-order valence-electron chi connectivity index (χ4n) is 1.14. The molecule has 2 aromatic rings. The van der Waals surface area contributed by atoms with Gasteiger partial charge < -0.3 is 10.7 Å². The van der Waals surface area contributed by atoms with Gasteiger partial charge in [-0.1, -0.05) is 11.6 Å². The van der Waals surface area contributed by atoms with Crippen molar-refractivity contribution in [3.05, 3.63) is 29.4 Å². The van der Waals surface area contributed by atoms with Crippen LogP contribution in [0.1, 0.15) is 0 Å². The topological polar surface area (TPSA) is 41.8 Å². The van der Waals surface area contributed by atoms with E-state index in [0.717, 1.165) is 10.9 Å². The van der Waals surface area contributed by atoms with Gasteiger partial charge in [0.2, 0.25) is 0 Å². The highest BCUT2D eigenvalue weighted by Crippen LogP contribution is 2.25. The maximum Gasteiger partial charge on any atom is 0.0520 e. The first-order valence-corrected chi connectivity index (χ1v) is 3.67. The van der Waals surface area contributed by atoms with Crippen molar-refractivity contribution < 1.29 is 0 Å². The fourth-order valence-corrected chi connectivity index (χ4v) is 1.43. The maximum absolute atomic E-state index is 5.90. The first-order chi connectivity index (χ1) is 5.27. The van der Waals surface area contributed by atoms with Crippen LogP contribution >= 0.6 is 11.6 Å². The quantitative estimate of drug-likeness (QED) is 0.580. The second-order valence-corrected chi connectivity index (χ2v) is 2.85. The van der Waals surface area contributed by atoms with Crippen LogP contribution in [0, 0.1) is 0 Å². The molecule has 1 aromatic heterocycles. The SMILES string of the molecule is Nc1cc(Cl)c2cc[nH]c2c1. The Bertz CT molecular complexity index is 392. The highest BCUT2D eigenvalue weighted by atomic mass is 35.5. The lowest BCUT2D eigenvalue weighted by Gasteiger charge is -1.95. The molecule has 0 unspecified atom stereocenters. The monoisotopic (exact) mass is 166 g/mol. The lowest BCUT2D eigenvalue weighted by atomic mass is 10.2. The number of nitrogens with two attached hydrogens (primary N) is 1. The summed E-state index contributed by atoms with van der Waals surface area (Å²) in [7, 11) is 0. The minimum Gasteiger partial charge on any atom is -0.399 e. The summed E-state index contributed by atoms with van der Waals surface area (Å²) in [5.41, 5.74) is 7.25. The van der Waals surface area contributed by atoms with Crippen LogP contribution in [0.15, 0.2) is 24.4 Å². The van der Waals surface area contributed by atoms with Crippen LogP contribution in [0.5, 0.6) is 0 Å². The lowest BCUT2D eigenvalue weighted by Crippen LogP contribution is -1.83. The predicted octanol–water partition coefficient (Wildman–Crippen LogP) is 2.40. The molecular formula is C8H7ClN2. The van der Waals surface area contributed by atoms with Gasteiger partial charge in [-0.3, -0.25) is 0 Å². The zero-order valence-corrected chi connectivity index (χ0v) is 6.52. The zero-order valence-electron chi connectivity index (χ0n) is 5.76. The molecule has 0 saturated heterocycles.